The van der Waals surface area contributed by atoms with Gasteiger partial charge in [-0.2, -0.15) is 0 Å². The maximum Gasteiger partial charge on any atom is 0.121 e. The van der Waals surface area contributed by atoms with Crippen LogP contribution < -0.4 is 9.47 Å². The Kier molecular flexibility index (Phi) is 7.64. The molecule has 1 aromatic heterocycles. The normalized spacial score (nSPS) is 13.6. The van der Waals surface area contributed by atoms with Crippen LogP contribution in [-0.2, 0) is 0 Å². The molecule has 0 amide bonds. The number of benzene rings is 2. The number of hydrogen-bond acceptors (Lipinski definition) is 3. The second kappa shape index (κ2) is 10.2. The first-order chi connectivity index (χ1) is 13.6. The smallest absolute Gasteiger partial charge is 0.121 e. The van der Waals surface area contributed by atoms with Gasteiger partial charge in [-0.25, -0.2) is 4.98 Å². The molecule has 3 nitrogen and oxygen atoms in total. The summed E-state index contributed by atoms with van der Waals surface area (Å²) in [5.74, 6) is 3.85. The molecule has 5 heteroatoms. The fraction of sp³-hybridized carbons (Fsp3) is 0.435. The molecule has 0 saturated carbocycles. The lowest BCUT2D eigenvalue weighted by molar-refractivity contribution is 0.257. The number of pyridine rings is 1. The van der Waals surface area contributed by atoms with Crippen LogP contribution in [0.2, 0.25) is 0 Å². The fourth-order valence-electron chi connectivity index (χ4n) is 2.98. The van der Waals surface area contributed by atoms with Crippen LogP contribution in [-0.4, -0.2) is 30.0 Å². The standard InChI is InChI=1S/C23H27Cl2NO2/c1-16(7-9-24)14-27-20-5-3-18-11-19-4-6-21(28-15-17(2)8-10-25)13-23(19)26-22(18)12-20/h3-6,11-13,16-17H,7-10,14-15H2,1-2H3. The van der Waals surface area contributed by atoms with Crippen LogP contribution in [0.1, 0.15) is 26.7 Å². The van der Waals surface area contributed by atoms with Gasteiger partial charge < -0.3 is 9.47 Å². The maximum atomic E-state index is 5.92. The topological polar surface area (TPSA) is 31.4 Å². The first kappa shape index (κ1) is 21.0. The highest BCUT2D eigenvalue weighted by molar-refractivity contribution is 6.18. The second-order valence-electron chi connectivity index (χ2n) is 7.49. The molecule has 3 rings (SSSR count). The summed E-state index contributed by atoms with van der Waals surface area (Å²) in [7, 11) is 0. The average Bonchev–Trinajstić information content (AvgIpc) is 2.69. The van der Waals surface area contributed by atoms with Crippen molar-refractivity contribution in [1.82, 2.24) is 4.98 Å². The molecule has 28 heavy (non-hydrogen) atoms. The molecule has 0 aliphatic rings. The Labute approximate surface area is 176 Å². The highest BCUT2D eigenvalue weighted by Gasteiger charge is 2.07. The van der Waals surface area contributed by atoms with Crippen molar-refractivity contribution in [2.24, 2.45) is 11.8 Å². The third-order valence-electron chi connectivity index (χ3n) is 4.83. The summed E-state index contributed by atoms with van der Waals surface area (Å²) in [5, 5.41) is 2.19. The van der Waals surface area contributed by atoms with Gasteiger partial charge in [-0.15, -0.1) is 23.2 Å². The van der Waals surface area contributed by atoms with E-state index < -0.39 is 0 Å². The van der Waals surface area contributed by atoms with E-state index in [0.29, 0.717) is 36.8 Å². The molecule has 0 radical (unpaired) electrons. The van der Waals surface area contributed by atoms with E-state index in [1.807, 2.05) is 24.3 Å². The SMILES string of the molecule is CC(CCCl)COc1ccc2cc3ccc(OCC(C)CCCl)cc3nc2c1. The van der Waals surface area contributed by atoms with E-state index >= 15 is 0 Å². The number of hydrogen-bond donors (Lipinski definition) is 0. The number of fused-ring (bicyclic) bond motifs is 2. The molecule has 2 atom stereocenters. The molecule has 0 spiro atoms. The van der Waals surface area contributed by atoms with E-state index in [9.17, 15) is 0 Å². The Morgan fingerprint density at radius 1 is 0.750 bits per heavy atom. The van der Waals surface area contributed by atoms with E-state index in [4.69, 9.17) is 37.7 Å². The minimum absolute atomic E-state index is 0.429. The van der Waals surface area contributed by atoms with Crippen molar-refractivity contribution in [2.75, 3.05) is 25.0 Å². The second-order valence-corrected chi connectivity index (χ2v) is 8.24. The number of halogens is 2. The molecule has 0 bridgehead atoms. The molecule has 2 aromatic carbocycles. The van der Waals surface area contributed by atoms with Crippen LogP contribution in [0.15, 0.2) is 42.5 Å². The zero-order valence-corrected chi connectivity index (χ0v) is 18.0. The molecule has 0 saturated heterocycles. The molecule has 0 aliphatic carbocycles. The molecule has 1 heterocycles. The Balaban J connectivity index is 1.77. The van der Waals surface area contributed by atoms with Gasteiger partial charge in [0.2, 0.25) is 0 Å². The summed E-state index contributed by atoms with van der Waals surface area (Å²) in [6.07, 6.45) is 1.90. The van der Waals surface area contributed by atoms with Gasteiger partial charge in [-0.1, -0.05) is 13.8 Å². The lowest BCUT2D eigenvalue weighted by atomic mass is 10.1. The Morgan fingerprint density at radius 3 is 1.64 bits per heavy atom. The summed E-state index contributed by atoms with van der Waals surface area (Å²) in [4.78, 5) is 4.82. The maximum absolute atomic E-state index is 5.92. The van der Waals surface area contributed by atoms with Gasteiger partial charge in [-0.05, 0) is 55.0 Å². The van der Waals surface area contributed by atoms with Gasteiger partial charge in [0.25, 0.3) is 0 Å². The van der Waals surface area contributed by atoms with Crippen molar-refractivity contribution in [1.29, 1.82) is 0 Å². The van der Waals surface area contributed by atoms with Crippen molar-refractivity contribution in [2.45, 2.75) is 26.7 Å². The molecular formula is C23H27Cl2NO2. The number of alkyl halides is 2. The highest BCUT2D eigenvalue weighted by atomic mass is 35.5. The highest BCUT2D eigenvalue weighted by Crippen LogP contribution is 2.26. The predicted octanol–water partition coefficient (Wildman–Crippen LogP) is 6.68. The van der Waals surface area contributed by atoms with Gasteiger partial charge in [0, 0.05) is 34.7 Å². The quantitative estimate of drug-likeness (QED) is 0.271. The summed E-state index contributed by atoms with van der Waals surface area (Å²) in [6, 6.07) is 14.3. The minimum Gasteiger partial charge on any atom is -0.493 e. The van der Waals surface area contributed by atoms with Crippen molar-refractivity contribution < 1.29 is 9.47 Å². The van der Waals surface area contributed by atoms with E-state index in [1.54, 1.807) is 0 Å². The predicted molar refractivity (Wildman–Crippen MR) is 119 cm³/mol. The first-order valence-electron chi connectivity index (χ1n) is 9.81. The van der Waals surface area contributed by atoms with Crippen molar-refractivity contribution in [3.63, 3.8) is 0 Å². The van der Waals surface area contributed by atoms with Crippen molar-refractivity contribution in [3.8, 4) is 11.5 Å². The zero-order chi connectivity index (χ0) is 19.9. The van der Waals surface area contributed by atoms with E-state index in [1.165, 1.54) is 0 Å². The number of rotatable bonds is 10. The molecule has 0 N–H and O–H groups in total. The number of aromatic nitrogens is 1. The fourth-order valence-corrected chi connectivity index (χ4v) is 3.72. The van der Waals surface area contributed by atoms with Crippen molar-refractivity contribution in [3.05, 3.63) is 42.5 Å². The van der Waals surface area contributed by atoms with E-state index in [0.717, 1.165) is 46.1 Å². The summed E-state index contributed by atoms with van der Waals surface area (Å²) >= 11 is 11.6. The van der Waals surface area contributed by atoms with Crippen LogP contribution in [0, 0.1) is 11.8 Å². The number of ether oxygens (including phenoxy) is 2. The van der Waals surface area contributed by atoms with Crippen LogP contribution in [0.25, 0.3) is 21.8 Å². The van der Waals surface area contributed by atoms with Gasteiger partial charge in [0.1, 0.15) is 11.5 Å². The van der Waals surface area contributed by atoms with Gasteiger partial charge in [-0.3, -0.25) is 0 Å². The largest absolute Gasteiger partial charge is 0.493 e. The average molecular weight is 420 g/mol. The summed E-state index contributed by atoms with van der Waals surface area (Å²) in [5.41, 5.74) is 1.84. The minimum atomic E-state index is 0.429. The molecule has 2 unspecified atom stereocenters. The van der Waals surface area contributed by atoms with Gasteiger partial charge >= 0.3 is 0 Å². The van der Waals surface area contributed by atoms with Crippen molar-refractivity contribution >= 4 is 45.0 Å². The molecule has 150 valence electrons. The molecular weight excluding hydrogens is 393 g/mol. The Morgan fingerprint density at radius 2 is 1.21 bits per heavy atom. The zero-order valence-electron chi connectivity index (χ0n) is 16.5. The lowest BCUT2D eigenvalue weighted by Gasteiger charge is -2.13. The third-order valence-corrected chi connectivity index (χ3v) is 5.26. The van der Waals surface area contributed by atoms with E-state index in [2.05, 4.69) is 32.0 Å². The molecule has 0 aliphatic heterocycles. The van der Waals surface area contributed by atoms with Crippen LogP contribution in [0.3, 0.4) is 0 Å². The summed E-state index contributed by atoms with van der Waals surface area (Å²) in [6.45, 7) is 5.60. The Bertz CT molecular complexity index is 845. The molecule has 0 fully saturated rings. The van der Waals surface area contributed by atoms with Crippen LogP contribution >= 0.6 is 23.2 Å². The van der Waals surface area contributed by atoms with Crippen LogP contribution in [0.4, 0.5) is 0 Å². The van der Waals surface area contributed by atoms with Gasteiger partial charge in [0.05, 0.1) is 24.2 Å². The third kappa shape index (κ3) is 5.65. The Hall–Kier alpha value is -1.71. The van der Waals surface area contributed by atoms with Crippen LogP contribution in [0.5, 0.6) is 11.5 Å². The first-order valence-corrected chi connectivity index (χ1v) is 10.9. The number of nitrogens with zero attached hydrogens (tertiary/aromatic N) is 1. The molecule has 3 aromatic rings. The lowest BCUT2D eigenvalue weighted by Crippen LogP contribution is -2.09. The van der Waals surface area contributed by atoms with Gasteiger partial charge in [0.15, 0.2) is 0 Å². The van der Waals surface area contributed by atoms with E-state index in [-0.39, 0.29) is 0 Å². The monoisotopic (exact) mass is 419 g/mol. The summed E-state index contributed by atoms with van der Waals surface area (Å²) < 4.78 is 11.8.